The molecule has 1 aliphatic heterocycles. The Morgan fingerprint density at radius 2 is 2.13 bits per heavy atom. The van der Waals surface area contributed by atoms with E-state index in [4.69, 9.17) is 33.0 Å². The van der Waals surface area contributed by atoms with Crippen molar-refractivity contribution in [2.24, 2.45) is 0 Å². The molecule has 8 heteroatoms. The van der Waals surface area contributed by atoms with Crippen LogP contribution in [0.1, 0.15) is 35.5 Å². The number of esters is 1. The van der Waals surface area contributed by atoms with E-state index in [9.17, 15) is 4.79 Å². The molecule has 6 nitrogen and oxygen atoms in total. The Bertz CT molecular complexity index is 1100. The number of hydrogen-bond donors (Lipinski definition) is 1. The number of nitrogens with one attached hydrogen (secondary N) is 1. The van der Waals surface area contributed by atoms with E-state index in [1.807, 2.05) is 60.4 Å². The largest absolute Gasteiger partial charge is 0.469 e. The average Bonchev–Trinajstić information content (AvgIpc) is 3.38. The van der Waals surface area contributed by atoms with E-state index in [0.29, 0.717) is 16.7 Å². The predicted molar refractivity (Wildman–Crippen MR) is 123 cm³/mol. The van der Waals surface area contributed by atoms with Crippen LogP contribution in [0.25, 0.3) is 11.3 Å². The standard InChI is InChI=1S/C23H22ClN3O3S/c1-14-6-7-15(24)13-16(14)18-8-9-19(30-18)22-21(17-5-3-4-11-25-17)26-23(31)27(22)12-10-20(28)29-2/h3-9,11,13,21-22H,10,12H2,1-2H3,(H,26,31)/t21-,22-/m0/s1. The second-order valence-electron chi connectivity index (χ2n) is 7.31. The van der Waals surface area contributed by atoms with Gasteiger partial charge in [-0.05, 0) is 61.1 Å². The zero-order valence-corrected chi connectivity index (χ0v) is 18.7. The molecular formula is C23H22ClN3O3S. The van der Waals surface area contributed by atoms with Crippen LogP contribution in [0.2, 0.25) is 5.02 Å². The SMILES string of the molecule is COC(=O)CCN1C(=S)N[C@@H](c2ccccn2)[C@@H]1c1ccc(-c2cc(Cl)ccc2C)o1. The summed E-state index contributed by atoms with van der Waals surface area (Å²) in [6.45, 7) is 2.41. The summed E-state index contributed by atoms with van der Waals surface area (Å²) in [5.41, 5.74) is 2.84. The molecule has 1 fully saturated rings. The Morgan fingerprint density at radius 1 is 1.29 bits per heavy atom. The zero-order chi connectivity index (χ0) is 22.0. The highest BCUT2D eigenvalue weighted by Crippen LogP contribution is 2.41. The predicted octanol–water partition coefficient (Wildman–Crippen LogP) is 4.84. The minimum absolute atomic E-state index is 0.213. The van der Waals surface area contributed by atoms with E-state index in [1.165, 1.54) is 7.11 Å². The topological polar surface area (TPSA) is 67.6 Å². The lowest BCUT2D eigenvalue weighted by Gasteiger charge is -2.25. The summed E-state index contributed by atoms with van der Waals surface area (Å²) in [5.74, 6) is 1.15. The normalized spacial score (nSPS) is 18.2. The first-order valence-electron chi connectivity index (χ1n) is 9.89. The van der Waals surface area contributed by atoms with Gasteiger partial charge in [0, 0.05) is 23.3 Å². The van der Waals surface area contributed by atoms with E-state index >= 15 is 0 Å². The van der Waals surface area contributed by atoms with Crippen LogP contribution in [0.4, 0.5) is 0 Å². The molecule has 31 heavy (non-hydrogen) atoms. The van der Waals surface area contributed by atoms with Gasteiger partial charge >= 0.3 is 5.97 Å². The average molecular weight is 456 g/mol. The Morgan fingerprint density at radius 3 is 2.87 bits per heavy atom. The highest BCUT2D eigenvalue weighted by atomic mass is 35.5. The van der Waals surface area contributed by atoms with Crippen molar-refractivity contribution in [2.45, 2.75) is 25.4 Å². The van der Waals surface area contributed by atoms with E-state index < -0.39 is 0 Å². The Balaban J connectivity index is 1.71. The maximum atomic E-state index is 11.8. The molecule has 0 unspecified atom stereocenters. The summed E-state index contributed by atoms with van der Waals surface area (Å²) < 4.78 is 11.1. The van der Waals surface area contributed by atoms with Gasteiger partial charge in [0.2, 0.25) is 0 Å². The molecule has 2 aromatic heterocycles. The number of carbonyl (C=O) groups is 1. The highest BCUT2D eigenvalue weighted by Gasteiger charge is 2.41. The van der Waals surface area contributed by atoms with Crippen molar-refractivity contribution in [3.8, 4) is 11.3 Å². The lowest BCUT2D eigenvalue weighted by Crippen LogP contribution is -2.31. The van der Waals surface area contributed by atoms with Crippen molar-refractivity contribution in [1.29, 1.82) is 0 Å². The van der Waals surface area contributed by atoms with Crippen LogP contribution in [0.3, 0.4) is 0 Å². The maximum absolute atomic E-state index is 11.8. The van der Waals surface area contributed by atoms with Gasteiger partial charge in [-0.2, -0.15) is 0 Å². The number of aromatic nitrogens is 1. The first kappa shape index (κ1) is 21.3. The Kier molecular flexibility index (Phi) is 6.25. The van der Waals surface area contributed by atoms with E-state index in [1.54, 1.807) is 6.20 Å². The molecule has 1 aromatic carbocycles. The van der Waals surface area contributed by atoms with Crippen molar-refractivity contribution in [3.63, 3.8) is 0 Å². The van der Waals surface area contributed by atoms with Crippen molar-refractivity contribution >= 4 is 34.9 Å². The van der Waals surface area contributed by atoms with Gasteiger partial charge in [-0.1, -0.05) is 23.7 Å². The third-order valence-electron chi connectivity index (χ3n) is 5.37. The number of ether oxygens (including phenoxy) is 1. The molecule has 3 heterocycles. The Hall–Kier alpha value is -2.90. The molecule has 0 bridgehead atoms. The number of halogens is 1. The third-order valence-corrected chi connectivity index (χ3v) is 5.95. The van der Waals surface area contributed by atoms with Crippen LogP contribution < -0.4 is 5.32 Å². The van der Waals surface area contributed by atoms with Crippen LogP contribution in [-0.2, 0) is 9.53 Å². The fraction of sp³-hybridized carbons (Fsp3) is 0.261. The van der Waals surface area contributed by atoms with E-state index in [0.717, 1.165) is 28.3 Å². The molecule has 0 radical (unpaired) electrons. The first-order chi connectivity index (χ1) is 15.0. The smallest absolute Gasteiger partial charge is 0.307 e. The van der Waals surface area contributed by atoms with Gasteiger partial charge in [0.25, 0.3) is 0 Å². The van der Waals surface area contributed by atoms with Crippen molar-refractivity contribution in [3.05, 3.63) is 76.8 Å². The molecule has 1 aliphatic rings. The molecule has 4 rings (SSSR count). The number of hydrogen-bond acceptors (Lipinski definition) is 5. The van der Waals surface area contributed by atoms with Gasteiger partial charge in [-0.25, -0.2) is 0 Å². The monoisotopic (exact) mass is 455 g/mol. The molecule has 3 aromatic rings. The van der Waals surface area contributed by atoms with Crippen molar-refractivity contribution in [2.75, 3.05) is 13.7 Å². The highest BCUT2D eigenvalue weighted by molar-refractivity contribution is 7.80. The summed E-state index contributed by atoms with van der Waals surface area (Å²) in [6, 6.07) is 14.9. The molecule has 0 aliphatic carbocycles. The quantitative estimate of drug-likeness (QED) is 0.421. The van der Waals surface area contributed by atoms with Gasteiger partial charge < -0.3 is 19.4 Å². The van der Waals surface area contributed by atoms with Gasteiger partial charge in [-0.3, -0.25) is 9.78 Å². The third kappa shape index (κ3) is 4.43. The second-order valence-corrected chi connectivity index (χ2v) is 8.13. The van der Waals surface area contributed by atoms with Crippen LogP contribution in [0.5, 0.6) is 0 Å². The minimum atomic E-state index is -0.294. The number of nitrogens with zero attached hydrogens (tertiary/aromatic N) is 2. The summed E-state index contributed by atoms with van der Waals surface area (Å²) in [4.78, 5) is 18.2. The van der Waals surface area contributed by atoms with Gasteiger partial charge in [0.15, 0.2) is 5.11 Å². The van der Waals surface area contributed by atoms with Crippen LogP contribution in [0, 0.1) is 6.92 Å². The van der Waals surface area contributed by atoms with E-state index in [2.05, 4.69) is 10.3 Å². The summed E-state index contributed by atoms with van der Waals surface area (Å²) in [7, 11) is 1.38. The molecule has 160 valence electrons. The van der Waals surface area contributed by atoms with Crippen LogP contribution in [-0.4, -0.2) is 34.6 Å². The number of thiocarbonyl (C=S) groups is 1. The summed E-state index contributed by atoms with van der Waals surface area (Å²) in [5, 5.41) is 4.53. The number of carbonyl (C=O) groups excluding carboxylic acids is 1. The van der Waals surface area contributed by atoms with E-state index in [-0.39, 0.29) is 24.5 Å². The summed E-state index contributed by atoms with van der Waals surface area (Å²) in [6.07, 6.45) is 1.96. The lowest BCUT2D eigenvalue weighted by molar-refractivity contribution is -0.140. The fourth-order valence-corrected chi connectivity index (χ4v) is 4.29. The molecule has 1 N–H and O–H groups in total. The maximum Gasteiger partial charge on any atom is 0.307 e. The van der Waals surface area contributed by atoms with Gasteiger partial charge in [0.1, 0.15) is 17.6 Å². The van der Waals surface area contributed by atoms with Crippen LogP contribution >= 0.6 is 23.8 Å². The van der Waals surface area contributed by atoms with Gasteiger partial charge in [-0.15, -0.1) is 0 Å². The molecule has 2 atom stereocenters. The van der Waals surface area contributed by atoms with Gasteiger partial charge in [0.05, 0.1) is 25.3 Å². The number of furan rings is 1. The summed E-state index contributed by atoms with van der Waals surface area (Å²) >= 11 is 11.8. The lowest BCUT2D eigenvalue weighted by atomic mass is 10.0. The molecule has 0 amide bonds. The number of methoxy groups -OCH3 is 1. The minimum Gasteiger partial charge on any atom is -0.469 e. The zero-order valence-electron chi connectivity index (χ0n) is 17.2. The Labute approximate surface area is 191 Å². The number of benzene rings is 1. The van der Waals surface area contributed by atoms with Crippen molar-refractivity contribution in [1.82, 2.24) is 15.2 Å². The molecule has 0 spiro atoms. The molecule has 0 saturated carbocycles. The number of aryl methyl sites for hydroxylation is 1. The second kappa shape index (κ2) is 9.08. The molecular weight excluding hydrogens is 434 g/mol. The first-order valence-corrected chi connectivity index (χ1v) is 10.7. The number of rotatable bonds is 6. The number of pyridine rings is 1. The van der Waals surface area contributed by atoms with Crippen LogP contribution in [0.15, 0.2) is 59.1 Å². The fourth-order valence-electron chi connectivity index (χ4n) is 3.79. The molecule has 1 saturated heterocycles. The van der Waals surface area contributed by atoms with Crippen molar-refractivity contribution < 1.29 is 13.9 Å².